The third-order valence-corrected chi connectivity index (χ3v) is 3.63. The molecule has 0 spiro atoms. The SMILES string of the molecule is C=C[C](C)c1cc(C2CC2)cc(C(C)(C)C)c1. The lowest BCUT2D eigenvalue weighted by molar-refractivity contribution is 0.588. The van der Waals surface area contributed by atoms with E-state index in [-0.39, 0.29) is 5.41 Å². The molecule has 1 aromatic rings. The molecule has 0 aliphatic heterocycles. The summed E-state index contributed by atoms with van der Waals surface area (Å²) in [5.41, 5.74) is 4.53. The molecule has 1 fully saturated rings. The Hall–Kier alpha value is -1.04. The molecule has 0 saturated heterocycles. The van der Waals surface area contributed by atoms with E-state index in [1.807, 2.05) is 6.08 Å². The summed E-state index contributed by atoms with van der Waals surface area (Å²) < 4.78 is 0. The number of hydrogen-bond donors (Lipinski definition) is 0. The first kappa shape index (κ1) is 12.4. The van der Waals surface area contributed by atoms with Crippen LogP contribution in [0.2, 0.25) is 0 Å². The van der Waals surface area contributed by atoms with Gasteiger partial charge >= 0.3 is 0 Å². The van der Waals surface area contributed by atoms with Crippen LogP contribution in [0.25, 0.3) is 0 Å². The van der Waals surface area contributed by atoms with Crippen LogP contribution in [0.1, 0.15) is 63.1 Å². The van der Waals surface area contributed by atoms with Crippen molar-refractivity contribution in [1.82, 2.24) is 0 Å². The minimum atomic E-state index is 0.223. The molecule has 0 heteroatoms. The fourth-order valence-electron chi connectivity index (χ4n) is 2.08. The molecule has 1 radical (unpaired) electrons. The topological polar surface area (TPSA) is 0 Å². The molecule has 0 amide bonds. The Labute approximate surface area is 106 Å². The first-order chi connectivity index (χ1) is 7.91. The lowest BCUT2D eigenvalue weighted by atomic mass is 9.83. The fourth-order valence-corrected chi connectivity index (χ4v) is 2.08. The largest absolute Gasteiger partial charge is 0.102 e. The second-order valence-corrected chi connectivity index (χ2v) is 6.26. The highest BCUT2D eigenvalue weighted by Crippen LogP contribution is 2.42. The van der Waals surface area contributed by atoms with Crippen molar-refractivity contribution >= 4 is 0 Å². The summed E-state index contributed by atoms with van der Waals surface area (Å²) in [6.07, 6.45) is 4.68. The van der Waals surface area contributed by atoms with E-state index in [0.717, 1.165) is 5.92 Å². The van der Waals surface area contributed by atoms with E-state index in [1.54, 1.807) is 0 Å². The van der Waals surface area contributed by atoms with E-state index >= 15 is 0 Å². The Kier molecular flexibility index (Phi) is 3.16. The van der Waals surface area contributed by atoms with Gasteiger partial charge in [0.1, 0.15) is 0 Å². The molecule has 1 aromatic carbocycles. The minimum absolute atomic E-state index is 0.223. The monoisotopic (exact) mass is 227 g/mol. The van der Waals surface area contributed by atoms with Crippen LogP contribution in [0, 0.1) is 5.92 Å². The molecule has 1 aliphatic carbocycles. The van der Waals surface area contributed by atoms with Crippen molar-refractivity contribution in [2.45, 2.75) is 51.9 Å². The molecule has 0 unspecified atom stereocenters. The molecule has 91 valence electrons. The van der Waals surface area contributed by atoms with Gasteiger partial charge < -0.3 is 0 Å². The molecule has 1 aliphatic rings. The fraction of sp³-hybridized carbons (Fsp3) is 0.471. The van der Waals surface area contributed by atoms with Crippen LogP contribution >= 0.6 is 0 Å². The number of benzene rings is 1. The van der Waals surface area contributed by atoms with Crippen LogP contribution in [0.4, 0.5) is 0 Å². The van der Waals surface area contributed by atoms with Gasteiger partial charge in [-0.15, -0.1) is 6.58 Å². The lowest BCUT2D eigenvalue weighted by Crippen LogP contribution is -2.12. The maximum absolute atomic E-state index is 3.88. The van der Waals surface area contributed by atoms with Crippen LogP contribution < -0.4 is 0 Å². The molecule has 0 aromatic heterocycles. The zero-order chi connectivity index (χ0) is 12.6. The molecular formula is C17H23. The highest BCUT2D eigenvalue weighted by Gasteiger charge is 2.26. The lowest BCUT2D eigenvalue weighted by Gasteiger charge is -2.22. The third kappa shape index (κ3) is 2.80. The maximum Gasteiger partial charge on any atom is 0.0230 e. The first-order valence-electron chi connectivity index (χ1n) is 6.53. The van der Waals surface area contributed by atoms with Gasteiger partial charge in [-0.05, 0) is 40.9 Å². The van der Waals surface area contributed by atoms with Gasteiger partial charge in [-0.25, -0.2) is 0 Å². The maximum atomic E-state index is 3.88. The minimum Gasteiger partial charge on any atom is -0.102 e. The molecule has 0 bridgehead atoms. The average Bonchev–Trinajstić information content (AvgIpc) is 3.10. The van der Waals surface area contributed by atoms with E-state index in [9.17, 15) is 0 Å². The third-order valence-electron chi connectivity index (χ3n) is 3.63. The molecule has 0 heterocycles. The summed E-state index contributed by atoms with van der Waals surface area (Å²) in [6, 6.07) is 7.07. The summed E-state index contributed by atoms with van der Waals surface area (Å²) in [5, 5.41) is 0. The van der Waals surface area contributed by atoms with E-state index < -0.39 is 0 Å². The standard InChI is InChI=1S/C17H23/c1-6-12(2)14-9-15(13-7-8-13)11-16(10-14)17(3,4)5/h6,9-11,13H,1,7-8H2,2-5H3. The van der Waals surface area contributed by atoms with E-state index in [0.29, 0.717) is 0 Å². The zero-order valence-corrected chi connectivity index (χ0v) is 11.5. The van der Waals surface area contributed by atoms with Crippen molar-refractivity contribution < 1.29 is 0 Å². The van der Waals surface area contributed by atoms with Crippen molar-refractivity contribution in [3.05, 3.63) is 53.5 Å². The van der Waals surface area contributed by atoms with Crippen LogP contribution in [-0.2, 0) is 5.41 Å². The smallest absolute Gasteiger partial charge is 0.0230 e. The molecule has 0 N–H and O–H groups in total. The van der Waals surface area contributed by atoms with Gasteiger partial charge in [0.2, 0.25) is 0 Å². The Morgan fingerprint density at radius 2 is 1.88 bits per heavy atom. The van der Waals surface area contributed by atoms with Gasteiger partial charge in [-0.1, -0.05) is 52.0 Å². The highest BCUT2D eigenvalue weighted by atomic mass is 14.3. The average molecular weight is 227 g/mol. The summed E-state index contributed by atoms with van der Waals surface area (Å²) in [5.74, 6) is 2.09. The molecule has 0 atom stereocenters. The molecule has 2 rings (SSSR count). The predicted molar refractivity (Wildman–Crippen MR) is 75.3 cm³/mol. The Morgan fingerprint density at radius 1 is 1.24 bits per heavy atom. The Bertz CT molecular complexity index is 416. The zero-order valence-electron chi connectivity index (χ0n) is 11.5. The van der Waals surface area contributed by atoms with Crippen LogP contribution in [-0.4, -0.2) is 0 Å². The van der Waals surface area contributed by atoms with Crippen molar-refractivity contribution in [3.63, 3.8) is 0 Å². The van der Waals surface area contributed by atoms with Gasteiger partial charge in [0.15, 0.2) is 0 Å². The normalized spacial score (nSPS) is 16.3. The quantitative estimate of drug-likeness (QED) is 0.682. The number of allylic oxidation sites excluding steroid dienone is 1. The van der Waals surface area contributed by atoms with Gasteiger partial charge in [0.05, 0.1) is 0 Å². The van der Waals surface area contributed by atoms with E-state index in [1.165, 1.54) is 35.4 Å². The van der Waals surface area contributed by atoms with Crippen molar-refractivity contribution in [3.8, 4) is 0 Å². The second kappa shape index (κ2) is 4.33. The molecule has 0 nitrogen and oxygen atoms in total. The van der Waals surface area contributed by atoms with Crippen molar-refractivity contribution in [2.75, 3.05) is 0 Å². The second-order valence-electron chi connectivity index (χ2n) is 6.26. The first-order valence-corrected chi connectivity index (χ1v) is 6.53. The van der Waals surface area contributed by atoms with Gasteiger partial charge in [-0.2, -0.15) is 0 Å². The summed E-state index contributed by atoms with van der Waals surface area (Å²) in [6.45, 7) is 12.9. The molecule has 17 heavy (non-hydrogen) atoms. The summed E-state index contributed by atoms with van der Waals surface area (Å²) in [7, 11) is 0. The van der Waals surface area contributed by atoms with Gasteiger partial charge in [0.25, 0.3) is 0 Å². The van der Waals surface area contributed by atoms with Crippen LogP contribution in [0.15, 0.2) is 30.9 Å². The number of hydrogen-bond acceptors (Lipinski definition) is 0. The van der Waals surface area contributed by atoms with Crippen LogP contribution in [0.5, 0.6) is 0 Å². The van der Waals surface area contributed by atoms with Gasteiger partial charge in [-0.3, -0.25) is 0 Å². The van der Waals surface area contributed by atoms with Crippen molar-refractivity contribution in [2.24, 2.45) is 0 Å². The van der Waals surface area contributed by atoms with E-state index in [2.05, 4.69) is 52.5 Å². The van der Waals surface area contributed by atoms with Crippen LogP contribution in [0.3, 0.4) is 0 Å². The van der Waals surface area contributed by atoms with Gasteiger partial charge in [0, 0.05) is 5.92 Å². The Balaban J connectivity index is 2.45. The van der Waals surface area contributed by atoms with Crippen molar-refractivity contribution in [1.29, 1.82) is 0 Å². The Morgan fingerprint density at radius 3 is 2.35 bits per heavy atom. The summed E-state index contributed by atoms with van der Waals surface area (Å²) >= 11 is 0. The highest BCUT2D eigenvalue weighted by molar-refractivity contribution is 5.44. The predicted octanol–water partition coefficient (Wildman–Crippen LogP) is 4.99. The summed E-state index contributed by atoms with van der Waals surface area (Å²) in [4.78, 5) is 0. The van der Waals surface area contributed by atoms with E-state index in [4.69, 9.17) is 0 Å². The number of rotatable bonds is 3. The molecule has 1 saturated carbocycles. The molecular weight excluding hydrogens is 204 g/mol.